The minimum Gasteiger partial charge on any atom is -0.508 e. The van der Waals surface area contributed by atoms with Gasteiger partial charge >= 0.3 is 0 Å². The zero-order valence-corrected chi connectivity index (χ0v) is 16.8. The lowest BCUT2D eigenvalue weighted by Gasteiger charge is -2.27. The maximum absolute atomic E-state index is 10.7. The van der Waals surface area contributed by atoms with Gasteiger partial charge in [-0.1, -0.05) is 36.4 Å². The molecule has 2 heterocycles. The van der Waals surface area contributed by atoms with Crippen LogP contribution in [0.5, 0.6) is 5.75 Å². The summed E-state index contributed by atoms with van der Waals surface area (Å²) in [6.07, 6.45) is 7.13. The summed E-state index contributed by atoms with van der Waals surface area (Å²) in [6, 6.07) is 16.5. The van der Waals surface area contributed by atoms with Crippen molar-refractivity contribution in [2.24, 2.45) is 5.92 Å². The molecule has 0 radical (unpaired) electrons. The summed E-state index contributed by atoms with van der Waals surface area (Å²) in [5.41, 5.74) is 3.43. The number of hydrogen-bond donors (Lipinski definition) is 1. The van der Waals surface area contributed by atoms with Crippen LogP contribution in [0.2, 0.25) is 0 Å². The average molecular weight is 376 g/mol. The number of aromatic nitrogens is 1. The van der Waals surface area contributed by atoms with Crippen molar-refractivity contribution in [2.45, 2.75) is 63.7 Å². The van der Waals surface area contributed by atoms with Crippen LogP contribution in [0.1, 0.15) is 56.6 Å². The second-order valence-electron chi connectivity index (χ2n) is 9.19. The number of para-hydroxylation sites is 2. The van der Waals surface area contributed by atoms with E-state index in [-0.39, 0.29) is 17.6 Å². The lowest BCUT2D eigenvalue weighted by Crippen LogP contribution is -2.25. The van der Waals surface area contributed by atoms with E-state index in [0.29, 0.717) is 5.75 Å². The third-order valence-electron chi connectivity index (χ3n) is 6.45. The van der Waals surface area contributed by atoms with Gasteiger partial charge < -0.3 is 14.4 Å². The van der Waals surface area contributed by atoms with Crippen LogP contribution in [-0.4, -0.2) is 21.4 Å². The Morgan fingerprint density at radius 3 is 2.50 bits per heavy atom. The van der Waals surface area contributed by atoms with Gasteiger partial charge in [0.1, 0.15) is 5.75 Å². The molecule has 0 bridgehead atoms. The number of ether oxygens (including phenoxy) is 1. The predicted octanol–water partition coefficient (Wildman–Crippen LogP) is 5.85. The highest BCUT2D eigenvalue weighted by atomic mass is 16.5. The van der Waals surface area contributed by atoms with Crippen molar-refractivity contribution in [1.29, 1.82) is 0 Å². The number of phenols is 1. The van der Waals surface area contributed by atoms with Gasteiger partial charge in [-0.15, -0.1) is 0 Å². The molecule has 1 aliphatic heterocycles. The van der Waals surface area contributed by atoms with Crippen LogP contribution in [0.3, 0.4) is 0 Å². The zero-order valence-electron chi connectivity index (χ0n) is 16.8. The molecule has 2 atom stereocenters. The van der Waals surface area contributed by atoms with Gasteiger partial charge in [-0.3, -0.25) is 0 Å². The van der Waals surface area contributed by atoms with Crippen LogP contribution >= 0.6 is 0 Å². The molecule has 1 saturated heterocycles. The van der Waals surface area contributed by atoms with Gasteiger partial charge in [-0.05, 0) is 63.1 Å². The number of phenolic OH excluding ortho intramolecular Hbond substituents is 1. The third-order valence-corrected chi connectivity index (χ3v) is 6.45. The van der Waals surface area contributed by atoms with E-state index in [0.717, 1.165) is 30.9 Å². The summed E-state index contributed by atoms with van der Waals surface area (Å²) in [4.78, 5) is 0. The smallest absolute Gasteiger partial charge is 0.119 e. The molecule has 2 fully saturated rings. The first-order chi connectivity index (χ1) is 13.5. The Balaban J connectivity index is 1.66. The van der Waals surface area contributed by atoms with Crippen LogP contribution in [0.25, 0.3) is 10.9 Å². The third kappa shape index (κ3) is 3.22. The maximum atomic E-state index is 10.7. The molecule has 1 N–H and O–H groups in total. The first-order valence-electron chi connectivity index (χ1n) is 10.6. The molecule has 0 unspecified atom stereocenters. The highest BCUT2D eigenvalue weighted by Crippen LogP contribution is 2.45. The lowest BCUT2D eigenvalue weighted by molar-refractivity contribution is -0.0216. The molecule has 2 aromatic carbocycles. The molecule has 2 aliphatic rings. The second-order valence-corrected chi connectivity index (χ2v) is 9.19. The van der Waals surface area contributed by atoms with Crippen LogP contribution in [0, 0.1) is 5.92 Å². The summed E-state index contributed by atoms with van der Waals surface area (Å²) in [5.74, 6) is 1.21. The van der Waals surface area contributed by atoms with Gasteiger partial charge in [-0.25, -0.2) is 0 Å². The fourth-order valence-corrected chi connectivity index (χ4v) is 4.82. The number of benzene rings is 2. The standard InChI is InChI=1S/C25H29NO2/c1-25(2)14-13-23(28-25)24(19-8-4-6-10-22(19)27)20-16-26(15-17-11-12-17)21-9-5-3-7-18(20)21/h3-10,16-17,23-24,27H,11-15H2,1-2H3/t23-,24+/m1/s1. The molecular weight excluding hydrogens is 346 g/mol. The van der Waals surface area contributed by atoms with E-state index in [4.69, 9.17) is 4.74 Å². The minimum absolute atomic E-state index is 0.0355. The molecule has 3 heteroatoms. The molecule has 1 aromatic heterocycles. The predicted molar refractivity (Wildman–Crippen MR) is 113 cm³/mol. The van der Waals surface area contributed by atoms with E-state index in [1.807, 2.05) is 12.1 Å². The first-order valence-corrected chi connectivity index (χ1v) is 10.6. The number of aromatic hydroxyl groups is 1. The monoisotopic (exact) mass is 375 g/mol. The molecule has 1 aliphatic carbocycles. The highest BCUT2D eigenvalue weighted by molar-refractivity contribution is 5.85. The van der Waals surface area contributed by atoms with Gasteiger partial charge in [0.15, 0.2) is 0 Å². The van der Waals surface area contributed by atoms with Gasteiger partial charge in [0.05, 0.1) is 11.7 Å². The minimum atomic E-state index is -0.111. The van der Waals surface area contributed by atoms with Crippen LogP contribution in [0.4, 0.5) is 0 Å². The van der Waals surface area contributed by atoms with E-state index in [2.05, 4.69) is 54.9 Å². The Morgan fingerprint density at radius 2 is 1.79 bits per heavy atom. The van der Waals surface area contributed by atoms with Gasteiger partial charge in [-0.2, -0.15) is 0 Å². The van der Waals surface area contributed by atoms with Gasteiger partial charge in [0.2, 0.25) is 0 Å². The Hall–Kier alpha value is -2.26. The Morgan fingerprint density at radius 1 is 1.04 bits per heavy atom. The fourth-order valence-electron chi connectivity index (χ4n) is 4.82. The molecule has 146 valence electrons. The van der Waals surface area contributed by atoms with E-state index in [1.54, 1.807) is 6.07 Å². The van der Waals surface area contributed by atoms with E-state index in [9.17, 15) is 5.11 Å². The van der Waals surface area contributed by atoms with Crippen molar-refractivity contribution in [2.75, 3.05) is 0 Å². The number of fused-ring (bicyclic) bond motifs is 1. The maximum Gasteiger partial charge on any atom is 0.119 e. The van der Waals surface area contributed by atoms with Gasteiger partial charge in [0.25, 0.3) is 0 Å². The molecular formula is C25H29NO2. The van der Waals surface area contributed by atoms with Crippen molar-refractivity contribution >= 4 is 10.9 Å². The van der Waals surface area contributed by atoms with E-state index < -0.39 is 0 Å². The zero-order chi connectivity index (χ0) is 19.3. The largest absolute Gasteiger partial charge is 0.508 e. The topological polar surface area (TPSA) is 34.4 Å². The van der Waals surface area contributed by atoms with E-state index in [1.165, 1.54) is 29.3 Å². The second kappa shape index (κ2) is 6.66. The normalized spacial score (nSPS) is 22.6. The van der Waals surface area contributed by atoms with Crippen molar-refractivity contribution < 1.29 is 9.84 Å². The Kier molecular flexibility index (Phi) is 4.24. The molecule has 0 amide bonds. The summed E-state index contributed by atoms with van der Waals surface area (Å²) < 4.78 is 8.93. The first kappa shape index (κ1) is 17.8. The quantitative estimate of drug-likeness (QED) is 0.607. The molecule has 5 rings (SSSR count). The highest BCUT2D eigenvalue weighted by Gasteiger charge is 2.39. The summed E-state index contributed by atoms with van der Waals surface area (Å²) in [7, 11) is 0. The Bertz CT molecular complexity index is 999. The van der Waals surface area contributed by atoms with Crippen molar-refractivity contribution in [3.8, 4) is 5.75 Å². The summed E-state index contributed by atoms with van der Waals surface area (Å²) in [6.45, 7) is 5.43. The van der Waals surface area contributed by atoms with Crippen molar-refractivity contribution in [1.82, 2.24) is 4.57 Å². The molecule has 1 saturated carbocycles. The molecule has 3 nitrogen and oxygen atoms in total. The number of rotatable bonds is 5. The SMILES string of the molecule is CC1(C)CC[C@H]([C@@H](c2ccccc2O)c2cn(CC3CC3)c3ccccc23)O1. The Labute approximate surface area is 166 Å². The summed E-state index contributed by atoms with van der Waals surface area (Å²) in [5, 5.41) is 12.0. The fraction of sp³-hybridized carbons (Fsp3) is 0.440. The van der Waals surface area contributed by atoms with Gasteiger partial charge in [0, 0.05) is 35.1 Å². The molecule has 28 heavy (non-hydrogen) atoms. The lowest BCUT2D eigenvalue weighted by atomic mass is 9.84. The molecule has 3 aromatic rings. The average Bonchev–Trinajstić information content (AvgIpc) is 3.33. The van der Waals surface area contributed by atoms with E-state index >= 15 is 0 Å². The number of nitrogens with zero attached hydrogens (tertiary/aromatic N) is 1. The molecule has 0 spiro atoms. The van der Waals surface area contributed by atoms with Crippen LogP contribution in [0.15, 0.2) is 54.7 Å². The van der Waals surface area contributed by atoms with Crippen LogP contribution < -0.4 is 0 Å². The van der Waals surface area contributed by atoms with Crippen molar-refractivity contribution in [3.63, 3.8) is 0 Å². The number of hydrogen-bond acceptors (Lipinski definition) is 2. The van der Waals surface area contributed by atoms with Crippen LogP contribution in [-0.2, 0) is 11.3 Å². The summed E-state index contributed by atoms with van der Waals surface area (Å²) >= 11 is 0. The van der Waals surface area contributed by atoms with Crippen molar-refractivity contribution in [3.05, 3.63) is 65.9 Å².